The molecule has 0 aliphatic carbocycles. The maximum atomic E-state index is 12.4. The molecule has 0 atom stereocenters. The van der Waals surface area contributed by atoms with Crippen LogP contribution in [0, 0.1) is 0 Å². The maximum absolute atomic E-state index is 12.4. The lowest BCUT2D eigenvalue weighted by atomic mass is 10.1. The van der Waals surface area contributed by atoms with E-state index in [9.17, 15) is 4.79 Å². The van der Waals surface area contributed by atoms with Crippen LogP contribution in [0.25, 0.3) is 0 Å². The first-order valence-electron chi connectivity index (χ1n) is 6.69. The van der Waals surface area contributed by atoms with Gasteiger partial charge in [0.2, 0.25) is 0 Å². The van der Waals surface area contributed by atoms with Crippen LogP contribution in [0.15, 0.2) is 58.0 Å². The first-order chi connectivity index (χ1) is 10.3. The van der Waals surface area contributed by atoms with Crippen LogP contribution in [0.5, 0.6) is 0 Å². The number of anilines is 1. The van der Waals surface area contributed by atoms with Crippen LogP contribution >= 0.6 is 15.9 Å². The third kappa shape index (κ3) is 2.97. The van der Waals surface area contributed by atoms with Crippen molar-refractivity contribution in [1.29, 1.82) is 0 Å². The van der Waals surface area contributed by atoms with E-state index in [1.165, 1.54) is 0 Å². The first-order valence-corrected chi connectivity index (χ1v) is 7.48. The molecule has 0 saturated heterocycles. The lowest BCUT2D eigenvalue weighted by Gasteiger charge is -2.12. The smallest absolute Gasteiger partial charge is 0.256 e. The number of nitrogens with one attached hydrogen (secondary N) is 2. The van der Waals surface area contributed by atoms with Crippen molar-refractivity contribution in [2.45, 2.75) is 0 Å². The minimum absolute atomic E-state index is 0.145. The number of nitrogens with zero attached hydrogens (tertiary/aromatic N) is 1. The number of halogens is 1. The van der Waals surface area contributed by atoms with Gasteiger partial charge in [0.15, 0.2) is 0 Å². The Morgan fingerprint density at radius 3 is 2.67 bits per heavy atom. The highest BCUT2D eigenvalue weighted by molar-refractivity contribution is 9.10. The number of rotatable bonds is 3. The fraction of sp³-hybridized carbons (Fsp3) is 0.125. The van der Waals surface area contributed by atoms with Gasteiger partial charge in [-0.3, -0.25) is 9.79 Å². The van der Waals surface area contributed by atoms with E-state index in [0.717, 1.165) is 34.6 Å². The Morgan fingerprint density at radius 2 is 1.90 bits per heavy atom. The second kappa shape index (κ2) is 6.10. The van der Waals surface area contributed by atoms with Gasteiger partial charge in [0, 0.05) is 16.6 Å². The van der Waals surface area contributed by atoms with Crippen LogP contribution in [0.2, 0.25) is 0 Å². The van der Waals surface area contributed by atoms with E-state index in [1.54, 1.807) is 6.07 Å². The third-order valence-electron chi connectivity index (χ3n) is 3.22. The summed E-state index contributed by atoms with van der Waals surface area (Å²) in [7, 11) is 0. The van der Waals surface area contributed by atoms with Crippen LogP contribution in [0.1, 0.15) is 15.9 Å². The summed E-state index contributed by atoms with van der Waals surface area (Å²) in [6.45, 7) is 1.60. The highest BCUT2D eigenvalue weighted by atomic mass is 79.9. The highest BCUT2D eigenvalue weighted by Gasteiger charge is 2.15. The molecule has 0 radical (unpaired) electrons. The zero-order valence-electron chi connectivity index (χ0n) is 11.3. The number of carbonyl (C=O) groups excluding carboxylic acids is 1. The van der Waals surface area contributed by atoms with Crippen LogP contribution < -0.4 is 10.6 Å². The summed E-state index contributed by atoms with van der Waals surface area (Å²) < 4.78 is 0.774. The van der Waals surface area contributed by atoms with E-state index >= 15 is 0 Å². The van der Waals surface area contributed by atoms with Crippen LogP contribution in [0.4, 0.5) is 5.69 Å². The normalized spacial score (nSPS) is 13.5. The molecule has 5 heteroatoms. The quantitative estimate of drug-likeness (QED) is 0.899. The monoisotopic (exact) mass is 343 g/mol. The molecule has 21 heavy (non-hydrogen) atoms. The van der Waals surface area contributed by atoms with Crippen molar-refractivity contribution >= 4 is 33.4 Å². The Morgan fingerprint density at radius 1 is 1.14 bits per heavy atom. The Labute approximate surface area is 131 Å². The molecule has 0 aromatic heterocycles. The molecule has 0 saturated carbocycles. The Kier molecular flexibility index (Phi) is 4.01. The SMILES string of the molecule is O=C(Nc1ccccc1C1=NCCN1)c1ccccc1Br. The molecule has 106 valence electrons. The summed E-state index contributed by atoms with van der Waals surface area (Å²) in [6.07, 6.45) is 0. The summed E-state index contributed by atoms with van der Waals surface area (Å²) in [5.74, 6) is 0.687. The van der Waals surface area contributed by atoms with E-state index in [4.69, 9.17) is 0 Å². The fourth-order valence-corrected chi connectivity index (χ4v) is 2.68. The molecule has 1 heterocycles. The average Bonchev–Trinajstić information content (AvgIpc) is 3.02. The number of aliphatic imine (C=N–C) groups is 1. The molecule has 2 N–H and O–H groups in total. The van der Waals surface area contributed by atoms with Crippen molar-refractivity contribution < 1.29 is 4.79 Å². The summed E-state index contributed by atoms with van der Waals surface area (Å²) in [6, 6.07) is 15.0. The van der Waals surface area contributed by atoms with Gasteiger partial charge in [-0.2, -0.15) is 0 Å². The second-order valence-corrected chi connectivity index (χ2v) is 5.49. The summed E-state index contributed by atoms with van der Waals surface area (Å²) >= 11 is 3.40. The van der Waals surface area contributed by atoms with Gasteiger partial charge < -0.3 is 10.6 Å². The molecular formula is C16H14BrN3O. The lowest BCUT2D eigenvalue weighted by molar-refractivity contribution is 0.102. The number of benzene rings is 2. The average molecular weight is 344 g/mol. The number of hydrogen-bond acceptors (Lipinski definition) is 3. The molecule has 0 fully saturated rings. The van der Waals surface area contributed by atoms with Gasteiger partial charge in [0.05, 0.1) is 17.8 Å². The van der Waals surface area contributed by atoms with Gasteiger partial charge in [-0.25, -0.2) is 0 Å². The molecule has 0 bridgehead atoms. The van der Waals surface area contributed by atoms with Crippen LogP contribution in [-0.2, 0) is 0 Å². The molecule has 1 aliphatic heterocycles. The number of amidine groups is 1. The third-order valence-corrected chi connectivity index (χ3v) is 3.91. The summed E-state index contributed by atoms with van der Waals surface area (Å²) in [5, 5.41) is 6.18. The van der Waals surface area contributed by atoms with Gasteiger partial charge in [0.1, 0.15) is 5.84 Å². The molecule has 1 amide bonds. The largest absolute Gasteiger partial charge is 0.368 e. The van der Waals surface area contributed by atoms with Gasteiger partial charge in [-0.15, -0.1) is 0 Å². The van der Waals surface area contributed by atoms with E-state index < -0.39 is 0 Å². The van der Waals surface area contributed by atoms with E-state index in [-0.39, 0.29) is 5.91 Å². The Balaban J connectivity index is 1.89. The topological polar surface area (TPSA) is 53.5 Å². The Bertz CT molecular complexity index is 712. The zero-order chi connectivity index (χ0) is 14.7. The molecule has 3 rings (SSSR count). The minimum atomic E-state index is -0.145. The predicted molar refractivity (Wildman–Crippen MR) is 87.9 cm³/mol. The first kappa shape index (κ1) is 13.8. The van der Waals surface area contributed by atoms with Crippen molar-refractivity contribution in [3.05, 3.63) is 64.1 Å². The van der Waals surface area contributed by atoms with E-state index in [1.807, 2.05) is 42.5 Å². The van der Waals surface area contributed by atoms with Crippen LogP contribution in [-0.4, -0.2) is 24.8 Å². The second-order valence-electron chi connectivity index (χ2n) is 4.64. The number of para-hydroxylation sites is 1. The van der Waals surface area contributed by atoms with Crippen molar-refractivity contribution in [2.75, 3.05) is 18.4 Å². The van der Waals surface area contributed by atoms with E-state index in [0.29, 0.717) is 5.56 Å². The Hall–Kier alpha value is -2.14. The fourth-order valence-electron chi connectivity index (χ4n) is 2.21. The van der Waals surface area contributed by atoms with Gasteiger partial charge >= 0.3 is 0 Å². The molecule has 1 aliphatic rings. The molecule has 2 aromatic carbocycles. The predicted octanol–water partition coefficient (Wildman–Crippen LogP) is 3.05. The standard InChI is InChI=1S/C16H14BrN3O/c17-13-7-3-1-5-11(13)16(21)20-14-8-4-2-6-12(14)15-18-9-10-19-15/h1-8H,9-10H2,(H,18,19)(H,20,21). The van der Waals surface area contributed by atoms with Crippen molar-refractivity contribution in [3.63, 3.8) is 0 Å². The molecule has 2 aromatic rings. The molecule has 0 spiro atoms. The van der Waals surface area contributed by atoms with Crippen molar-refractivity contribution in [3.8, 4) is 0 Å². The lowest BCUT2D eigenvalue weighted by Crippen LogP contribution is -2.22. The number of amides is 1. The minimum Gasteiger partial charge on any atom is -0.368 e. The highest BCUT2D eigenvalue weighted by Crippen LogP contribution is 2.20. The maximum Gasteiger partial charge on any atom is 0.256 e. The zero-order valence-corrected chi connectivity index (χ0v) is 12.9. The summed E-state index contributed by atoms with van der Waals surface area (Å²) in [4.78, 5) is 16.8. The molecular weight excluding hydrogens is 330 g/mol. The number of hydrogen-bond donors (Lipinski definition) is 2. The molecule has 0 unspecified atom stereocenters. The molecule has 4 nitrogen and oxygen atoms in total. The number of carbonyl (C=O) groups is 1. The van der Waals surface area contributed by atoms with Crippen molar-refractivity contribution in [2.24, 2.45) is 4.99 Å². The summed E-state index contributed by atoms with van der Waals surface area (Å²) in [5.41, 5.74) is 2.27. The van der Waals surface area contributed by atoms with Gasteiger partial charge in [-0.1, -0.05) is 24.3 Å². The van der Waals surface area contributed by atoms with E-state index in [2.05, 4.69) is 31.6 Å². The van der Waals surface area contributed by atoms with Crippen LogP contribution in [0.3, 0.4) is 0 Å². The van der Waals surface area contributed by atoms with Crippen molar-refractivity contribution in [1.82, 2.24) is 5.32 Å². The van der Waals surface area contributed by atoms with Gasteiger partial charge in [-0.05, 0) is 40.2 Å². The van der Waals surface area contributed by atoms with Gasteiger partial charge in [0.25, 0.3) is 5.91 Å².